The second kappa shape index (κ2) is 7.55. The maximum absolute atomic E-state index is 12.4. The molecule has 0 aliphatic rings. The Kier molecular flexibility index (Phi) is 5.21. The van der Waals surface area contributed by atoms with Gasteiger partial charge in [0.1, 0.15) is 24.2 Å². The molecule has 0 aliphatic carbocycles. The molecule has 0 aliphatic heterocycles. The first-order valence-electron chi connectivity index (χ1n) is 7.66. The van der Waals surface area contributed by atoms with Crippen LogP contribution in [0.2, 0.25) is 5.02 Å². The summed E-state index contributed by atoms with van der Waals surface area (Å²) in [6.45, 7) is 0.137. The van der Waals surface area contributed by atoms with Crippen LogP contribution in [0.25, 0.3) is 10.9 Å². The molecule has 1 N–H and O–H groups in total. The van der Waals surface area contributed by atoms with E-state index in [4.69, 9.17) is 21.1 Å². The Balaban J connectivity index is 1.67. The third-order valence-electron chi connectivity index (χ3n) is 3.70. The highest BCUT2D eigenvalue weighted by atomic mass is 35.5. The molecule has 0 spiro atoms. The molecule has 1 unspecified atom stereocenters. The van der Waals surface area contributed by atoms with Gasteiger partial charge in [0.25, 0.3) is 5.56 Å². The fraction of sp³-hybridized carbons (Fsp3) is 0.222. The van der Waals surface area contributed by atoms with Gasteiger partial charge in [-0.05, 0) is 42.5 Å². The number of benzene rings is 2. The Morgan fingerprint density at radius 3 is 2.64 bits per heavy atom. The van der Waals surface area contributed by atoms with Gasteiger partial charge in [-0.25, -0.2) is 4.98 Å². The molecular formula is C18H17ClN2O4. The van der Waals surface area contributed by atoms with E-state index in [1.54, 1.807) is 49.6 Å². The summed E-state index contributed by atoms with van der Waals surface area (Å²) in [4.78, 5) is 16.6. The van der Waals surface area contributed by atoms with Crippen molar-refractivity contribution in [3.63, 3.8) is 0 Å². The molecule has 0 fully saturated rings. The van der Waals surface area contributed by atoms with Gasteiger partial charge >= 0.3 is 0 Å². The van der Waals surface area contributed by atoms with Crippen LogP contribution in [0.3, 0.4) is 0 Å². The van der Waals surface area contributed by atoms with Gasteiger partial charge in [-0.15, -0.1) is 0 Å². The van der Waals surface area contributed by atoms with Gasteiger partial charge in [0, 0.05) is 5.02 Å². The van der Waals surface area contributed by atoms with Crippen molar-refractivity contribution < 1.29 is 14.6 Å². The van der Waals surface area contributed by atoms with Gasteiger partial charge in [0.15, 0.2) is 0 Å². The zero-order chi connectivity index (χ0) is 17.8. The molecule has 0 amide bonds. The summed E-state index contributed by atoms with van der Waals surface area (Å²) in [5, 5.41) is 11.1. The van der Waals surface area contributed by atoms with Gasteiger partial charge in [-0.3, -0.25) is 9.36 Å². The van der Waals surface area contributed by atoms with Crippen LogP contribution < -0.4 is 15.0 Å². The summed E-state index contributed by atoms with van der Waals surface area (Å²) in [7, 11) is 1.59. The average molecular weight is 361 g/mol. The van der Waals surface area contributed by atoms with Crippen LogP contribution in [0.4, 0.5) is 0 Å². The molecule has 1 aromatic heterocycles. The number of aliphatic hydroxyl groups is 1. The normalized spacial score (nSPS) is 12.1. The second-order valence-corrected chi connectivity index (χ2v) is 5.94. The average Bonchev–Trinajstić information content (AvgIpc) is 2.62. The zero-order valence-corrected chi connectivity index (χ0v) is 14.3. The molecule has 130 valence electrons. The van der Waals surface area contributed by atoms with E-state index in [1.165, 1.54) is 10.9 Å². The molecule has 7 heteroatoms. The summed E-state index contributed by atoms with van der Waals surface area (Å²) >= 11 is 5.90. The van der Waals surface area contributed by atoms with Crippen LogP contribution in [0, 0.1) is 0 Å². The Morgan fingerprint density at radius 1 is 1.20 bits per heavy atom. The highest BCUT2D eigenvalue weighted by Gasteiger charge is 2.10. The number of ether oxygens (including phenoxy) is 2. The summed E-state index contributed by atoms with van der Waals surface area (Å²) in [6, 6.07) is 11.9. The SMILES string of the molecule is COc1ccc(OCC(O)Cn2cnc3cc(Cl)ccc3c2=O)cc1. The van der Waals surface area contributed by atoms with E-state index >= 15 is 0 Å². The molecule has 0 radical (unpaired) electrons. The fourth-order valence-electron chi connectivity index (χ4n) is 2.41. The number of aromatic nitrogens is 2. The topological polar surface area (TPSA) is 73.6 Å². The third-order valence-corrected chi connectivity index (χ3v) is 3.93. The lowest BCUT2D eigenvalue weighted by atomic mass is 10.2. The summed E-state index contributed by atoms with van der Waals surface area (Å²) in [6.07, 6.45) is 0.545. The van der Waals surface area contributed by atoms with Gasteiger partial charge in [-0.2, -0.15) is 0 Å². The van der Waals surface area contributed by atoms with Crippen LogP contribution in [-0.4, -0.2) is 34.5 Å². The number of hydrogen-bond acceptors (Lipinski definition) is 5. The molecule has 25 heavy (non-hydrogen) atoms. The van der Waals surface area contributed by atoms with Crippen molar-refractivity contribution in [1.29, 1.82) is 0 Å². The summed E-state index contributed by atoms with van der Waals surface area (Å²) < 4.78 is 12.0. The summed E-state index contributed by atoms with van der Waals surface area (Å²) in [5.74, 6) is 1.33. The summed E-state index contributed by atoms with van der Waals surface area (Å²) in [5.41, 5.74) is 0.294. The Bertz CT molecular complexity index is 925. The van der Waals surface area contributed by atoms with E-state index in [-0.39, 0.29) is 18.7 Å². The number of nitrogens with zero attached hydrogens (tertiary/aromatic N) is 2. The van der Waals surface area contributed by atoms with E-state index in [2.05, 4.69) is 4.98 Å². The standard InChI is InChI=1S/C18H17ClN2O4/c1-24-14-3-5-15(6-4-14)25-10-13(22)9-21-11-20-17-8-12(19)2-7-16(17)18(21)23/h2-8,11,13,22H,9-10H2,1H3. The minimum absolute atomic E-state index is 0.0530. The number of hydrogen-bond donors (Lipinski definition) is 1. The van der Waals surface area contributed by atoms with Crippen LogP contribution >= 0.6 is 11.6 Å². The number of aliphatic hydroxyl groups excluding tert-OH is 1. The van der Waals surface area contributed by atoms with Gasteiger partial charge < -0.3 is 14.6 Å². The quantitative estimate of drug-likeness (QED) is 0.731. The molecule has 3 rings (SSSR count). The minimum Gasteiger partial charge on any atom is -0.497 e. The first kappa shape index (κ1) is 17.3. The number of rotatable bonds is 6. The van der Waals surface area contributed by atoms with E-state index in [0.29, 0.717) is 21.7 Å². The third kappa shape index (κ3) is 4.10. The lowest BCUT2D eigenvalue weighted by Gasteiger charge is -2.14. The molecule has 1 atom stereocenters. The second-order valence-electron chi connectivity index (χ2n) is 5.50. The highest BCUT2D eigenvalue weighted by molar-refractivity contribution is 6.31. The van der Waals surface area contributed by atoms with Crippen molar-refractivity contribution in [2.45, 2.75) is 12.6 Å². The zero-order valence-electron chi connectivity index (χ0n) is 13.6. The number of fused-ring (bicyclic) bond motifs is 1. The number of methoxy groups -OCH3 is 1. The van der Waals surface area contributed by atoms with Crippen molar-refractivity contribution in [3.05, 3.63) is 64.2 Å². The monoisotopic (exact) mass is 360 g/mol. The lowest BCUT2D eigenvalue weighted by molar-refractivity contribution is 0.0914. The van der Waals surface area contributed by atoms with Crippen LogP contribution in [-0.2, 0) is 6.54 Å². The lowest BCUT2D eigenvalue weighted by Crippen LogP contribution is -2.30. The molecule has 0 bridgehead atoms. The number of halogens is 1. The van der Waals surface area contributed by atoms with Crippen molar-refractivity contribution in [2.75, 3.05) is 13.7 Å². The predicted octanol–water partition coefficient (Wildman–Crippen LogP) is 2.50. The molecule has 2 aromatic carbocycles. The smallest absolute Gasteiger partial charge is 0.261 e. The Hall–Kier alpha value is -2.57. The van der Waals surface area contributed by atoms with Crippen LogP contribution in [0.1, 0.15) is 0 Å². The first-order chi connectivity index (χ1) is 12.1. The Labute approximate surface area is 149 Å². The largest absolute Gasteiger partial charge is 0.497 e. The van der Waals surface area contributed by atoms with Crippen molar-refractivity contribution in [3.8, 4) is 11.5 Å². The van der Waals surface area contributed by atoms with E-state index in [1.807, 2.05) is 0 Å². The van der Waals surface area contributed by atoms with Crippen LogP contribution in [0.5, 0.6) is 11.5 Å². The molecule has 0 saturated heterocycles. The highest BCUT2D eigenvalue weighted by Crippen LogP contribution is 2.17. The molecule has 3 aromatic rings. The van der Waals surface area contributed by atoms with Crippen molar-refractivity contribution >= 4 is 22.5 Å². The van der Waals surface area contributed by atoms with E-state index in [0.717, 1.165) is 5.75 Å². The molecular weight excluding hydrogens is 344 g/mol. The van der Waals surface area contributed by atoms with Crippen LogP contribution in [0.15, 0.2) is 53.6 Å². The van der Waals surface area contributed by atoms with Gasteiger partial charge in [-0.1, -0.05) is 11.6 Å². The maximum atomic E-state index is 12.4. The molecule has 6 nitrogen and oxygen atoms in total. The molecule has 0 saturated carbocycles. The fourth-order valence-corrected chi connectivity index (χ4v) is 2.57. The maximum Gasteiger partial charge on any atom is 0.261 e. The van der Waals surface area contributed by atoms with Crippen molar-refractivity contribution in [1.82, 2.24) is 9.55 Å². The van der Waals surface area contributed by atoms with E-state index in [9.17, 15) is 9.90 Å². The van der Waals surface area contributed by atoms with Gasteiger partial charge in [0.2, 0.25) is 0 Å². The predicted molar refractivity (Wildman–Crippen MR) is 95.5 cm³/mol. The first-order valence-corrected chi connectivity index (χ1v) is 8.04. The molecule has 1 heterocycles. The van der Waals surface area contributed by atoms with E-state index < -0.39 is 6.10 Å². The van der Waals surface area contributed by atoms with Gasteiger partial charge in [0.05, 0.1) is 30.9 Å². The minimum atomic E-state index is -0.855. The van der Waals surface area contributed by atoms with Crippen molar-refractivity contribution in [2.24, 2.45) is 0 Å². The Morgan fingerprint density at radius 2 is 1.92 bits per heavy atom.